The van der Waals surface area contributed by atoms with E-state index in [0.717, 1.165) is 17.1 Å². The highest BCUT2D eigenvalue weighted by Gasteiger charge is 2.10. The van der Waals surface area contributed by atoms with Crippen LogP contribution in [0.3, 0.4) is 0 Å². The number of oxazole rings is 2. The van der Waals surface area contributed by atoms with Gasteiger partial charge in [0.15, 0.2) is 0 Å². The molecule has 3 aromatic heterocycles. The van der Waals surface area contributed by atoms with Crippen molar-refractivity contribution in [3.63, 3.8) is 0 Å². The van der Waals surface area contributed by atoms with Gasteiger partial charge in [-0.05, 0) is 42.5 Å². The number of benzene rings is 2. The van der Waals surface area contributed by atoms with Crippen LogP contribution in [0.2, 0.25) is 5.02 Å². The van der Waals surface area contributed by atoms with Crippen LogP contribution in [0.4, 0.5) is 4.39 Å². The first-order valence-electron chi connectivity index (χ1n) is 11.4. The first kappa shape index (κ1) is 24.5. The first-order chi connectivity index (χ1) is 18.1. The summed E-state index contributed by atoms with van der Waals surface area (Å²) >= 11 is 5.77. The number of hydrogen-bond acceptors (Lipinski definition) is 7. The molecule has 8 nitrogen and oxygen atoms in total. The number of aliphatic hydroxyl groups is 1. The third-order valence-electron chi connectivity index (χ3n) is 5.45. The van der Waals surface area contributed by atoms with E-state index in [-0.39, 0.29) is 13.2 Å². The van der Waals surface area contributed by atoms with E-state index in [1.54, 1.807) is 36.7 Å². The average Bonchev–Trinajstić information content (AvgIpc) is 3.65. The number of nitrogens with zero attached hydrogens (tertiary/aromatic N) is 4. The van der Waals surface area contributed by atoms with Gasteiger partial charge in [-0.3, -0.25) is 0 Å². The van der Waals surface area contributed by atoms with Gasteiger partial charge < -0.3 is 23.2 Å². The third-order valence-corrected chi connectivity index (χ3v) is 5.68. The van der Waals surface area contributed by atoms with Crippen LogP contribution >= 0.6 is 11.6 Å². The van der Waals surface area contributed by atoms with Gasteiger partial charge in [0.25, 0.3) is 0 Å². The maximum absolute atomic E-state index is 13.9. The van der Waals surface area contributed by atoms with Crippen molar-refractivity contribution in [1.29, 1.82) is 0 Å². The predicted octanol–water partition coefficient (Wildman–Crippen LogP) is 5.65. The molecule has 0 saturated carbocycles. The van der Waals surface area contributed by atoms with Crippen molar-refractivity contribution in [1.82, 2.24) is 19.5 Å². The van der Waals surface area contributed by atoms with Gasteiger partial charge in [0.2, 0.25) is 11.8 Å². The van der Waals surface area contributed by atoms with Gasteiger partial charge in [0, 0.05) is 41.0 Å². The van der Waals surface area contributed by atoms with Gasteiger partial charge in [-0.25, -0.2) is 19.3 Å². The Bertz CT molecular complexity index is 1510. The number of aliphatic hydroxyl groups excluding tert-OH is 1. The quantitative estimate of drug-likeness (QED) is 0.254. The fourth-order valence-corrected chi connectivity index (χ4v) is 3.77. The lowest BCUT2D eigenvalue weighted by Crippen LogP contribution is -2.06. The van der Waals surface area contributed by atoms with Gasteiger partial charge in [-0.1, -0.05) is 17.7 Å². The Morgan fingerprint density at radius 1 is 1.03 bits per heavy atom. The number of imidazole rings is 1. The number of halogens is 2. The second kappa shape index (κ2) is 11.2. The molecule has 10 heteroatoms. The zero-order valence-corrected chi connectivity index (χ0v) is 20.3. The Balaban J connectivity index is 1.16. The van der Waals surface area contributed by atoms with Crippen LogP contribution in [0.15, 0.2) is 76.2 Å². The van der Waals surface area contributed by atoms with E-state index in [1.165, 1.54) is 12.3 Å². The molecule has 2 aromatic carbocycles. The fourth-order valence-electron chi connectivity index (χ4n) is 3.61. The summed E-state index contributed by atoms with van der Waals surface area (Å²) < 4.78 is 32.7. The Kier molecular flexibility index (Phi) is 7.43. The number of ether oxygens (including phenoxy) is 1. The van der Waals surface area contributed by atoms with E-state index < -0.39 is 5.82 Å². The molecular weight excluding hydrogens is 499 g/mol. The topological polar surface area (TPSA) is 99.3 Å². The molecule has 0 saturated heterocycles. The van der Waals surface area contributed by atoms with Crippen molar-refractivity contribution >= 4 is 23.8 Å². The van der Waals surface area contributed by atoms with Crippen LogP contribution in [-0.4, -0.2) is 31.2 Å². The predicted molar refractivity (Wildman–Crippen MR) is 135 cm³/mol. The minimum absolute atomic E-state index is 0.0376. The van der Waals surface area contributed by atoms with Crippen molar-refractivity contribution in [3.05, 3.63) is 107 Å². The van der Waals surface area contributed by atoms with Gasteiger partial charge in [-0.2, -0.15) is 0 Å². The zero-order chi connectivity index (χ0) is 25.6. The smallest absolute Gasteiger partial charge is 0.226 e. The summed E-state index contributed by atoms with van der Waals surface area (Å²) in [6.07, 6.45) is 10.3. The minimum atomic E-state index is -0.423. The molecule has 0 radical (unpaired) electrons. The fraction of sp³-hybridized carbons (Fsp3) is 0.148. The number of hydrogen-bond donors (Lipinski definition) is 1. The lowest BCUT2D eigenvalue weighted by atomic mass is 10.2. The molecule has 5 aromatic rings. The molecule has 0 unspecified atom stereocenters. The molecule has 0 aliphatic heterocycles. The van der Waals surface area contributed by atoms with Crippen molar-refractivity contribution in [3.8, 4) is 17.2 Å². The standard InChI is InChI=1S/C27H22ClFN4O4/c28-20-5-1-18(24(29)13-20)4-8-26-31-22(17-36-26)16-35-23-6-2-19(3-7-23)27-32-21(15-37-27)14-33-11-10-30-25(33)9-12-34/h1-8,10-11,13,15,17,34H,9,12,14,16H2. The van der Waals surface area contributed by atoms with E-state index >= 15 is 0 Å². The van der Waals surface area contributed by atoms with Crippen molar-refractivity contribution in [2.24, 2.45) is 0 Å². The number of aromatic nitrogens is 4. The van der Waals surface area contributed by atoms with Crippen molar-refractivity contribution < 1.29 is 23.1 Å². The van der Waals surface area contributed by atoms with Gasteiger partial charge in [0.05, 0.1) is 18.8 Å². The van der Waals surface area contributed by atoms with Gasteiger partial charge >= 0.3 is 0 Å². The highest BCUT2D eigenvalue weighted by molar-refractivity contribution is 6.30. The van der Waals surface area contributed by atoms with Crippen molar-refractivity contribution in [2.45, 2.75) is 19.6 Å². The molecule has 0 spiro atoms. The zero-order valence-electron chi connectivity index (χ0n) is 19.6. The maximum atomic E-state index is 13.9. The van der Waals surface area contributed by atoms with Gasteiger partial charge in [0.1, 0.15) is 42.2 Å². The lowest BCUT2D eigenvalue weighted by molar-refractivity contribution is 0.295. The summed E-state index contributed by atoms with van der Waals surface area (Å²) in [5.41, 5.74) is 2.54. The molecular formula is C27H22ClFN4O4. The van der Waals surface area contributed by atoms with E-state index in [2.05, 4.69) is 15.0 Å². The monoisotopic (exact) mass is 520 g/mol. The third kappa shape index (κ3) is 6.14. The molecule has 3 heterocycles. The first-order valence-corrected chi connectivity index (χ1v) is 11.8. The van der Waals surface area contributed by atoms with Gasteiger partial charge in [-0.15, -0.1) is 0 Å². The van der Waals surface area contributed by atoms with E-state index in [0.29, 0.717) is 46.8 Å². The van der Waals surface area contributed by atoms with Crippen molar-refractivity contribution in [2.75, 3.05) is 6.61 Å². The molecule has 5 rings (SSSR count). The Hall–Kier alpha value is -4.21. The Morgan fingerprint density at radius 2 is 1.86 bits per heavy atom. The van der Waals surface area contributed by atoms with E-state index in [1.807, 2.05) is 35.0 Å². The highest BCUT2D eigenvalue weighted by Crippen LogP contribution is 2.23. The molecule has 37 heavy (non-hydrogen) atoms. The number of rotatable bonds is 10. The summed E-state index contributed by atoms with van der Waals surface area (Å²) in [7, 11) is 0. The summed E-state index contributed by atoms with van der Waals surface area (Å²) in [4.78, 5) is 13.1. The van der Waals surface area contributed by atoms with Crippen LogP contribution in [0.1, 0.15) is 28.7 Å². The van der Waals surface area contributed by atoms with Crippen LogP contribution in [0.5, 0.6) is 5.75 Å². The minimum Gasteiger partial charge on any atom is -0.487 e. The summed E-state index contributed by atoms with van der Waals surface area (Å²) in [6.45, 7) is 0.746. The molecule has 0 aliphatic rings. The van der Waals surface area contributed by atoms with E-state index in [9.17, 15) is 4.39 Å². The molecule has 0 fully saturated rings. The van der Waals surface area contributed by atoms with Crippen LogP contribution in [0.25, 0.3) is 23.6 Å². The second-order valence-electron chi connectivity index (χ2n) is 8.08. The summed E-state index contributed by atoms with van der Waals surface area (Å²) in [5, 5.41) is 9.50. The van der Waals surface area contributed by atoms with Crippen LogP contribution in [-0.2, 0) is 19.6 Å². The van der Waals surface area contributed by atoms with E-state index in [4.69, 9.17) is 30.3 Å². The summed E-state index contributed by atoms with van der Waals surface area (Å²) in [5.74, 6) is 1.84. The highest BCUT2D eigenvalue weighted by atomic mass is 35.5. The molecule has 0 aliphatic carbocycles. The summed E-state index contributed by atoms with van der Waals surface area (Å²) in [6, 6.07) is 11.8. The van der Waals surface area contributed by atoms with Crippen LogP contribution < -0.4 is 4.74 Å². The Labute approximate surface area is 216 Å². The molecule has 0 amide bonds. The maximum Gasteiger partial charge on any atom is 0.226 e. The lowest BCUT2D eigenvalue weighted by Gasteiger charge is -2.04. The Morgan fingerprint density at radius 3 is 2.68 bits per heavy atom. The molecule has 1 N–H and O–H groups in total. The molecule has 188 valence electrons. The molecule has 0 atom stereocenters. The largest absolute Gasteiger partial charge is 0.487 e. The molecule has 0 bridgehead atoms. The SMILES string of the molecule is OCCc1nccn1Cc1coc(-c2ccc(OCc3coc(C=Cc4ccc(Cl)cc4F)n3)cc2)n1. The van der Waals surface area contributed by atoms with Crippen LogP contribution in [0, 0.1) is 5.82 Å². The average molecular weight is 521 g/mol. The second-order valence-corrected chi connectivity index (χ2v) is 8.51. The normalized spacial score (nSPS) is 11.4.